The van der Waals surface area contributed by atoms with E-state index in [1.807, 2.05) is 0 Å². The van der Waals surface area contributed by atoms with E-state index in [0.29, 0.717) is 0 Å². The number of aryl methyl sites for hydroxylation is 2. The molecule has 4 aromatic rings. The van der Waals surface area contributed by atoms with Crippen LogP contribution in [0.4, 0.5) is 11.4 Å². The highest BCUT2D eigenvalue weighted by Crippen LogP contribution is 2.35. The highest BCUT2D eigenvalue weighted by Gasteiger charge is 2.14. The van der Waals surface area contributed by atoms with Gasteiger partial charge in [-0.25, -0.2) is 0 Å². The zero-order valence-electron chi connectivity index (χ0n) is 32.8. The van der Waals surface area contributed by atoms with E-state index in [-0.39, 0.29) is 0 Å². The lowest BCUT2D eigenvalue weighted by molar-refractivity contribution is 0.605. The van der Waals surface area contributed by atoms with Crippen LogP contribution in [0.5, 0.6) is 0 Å². The van der Waals surface area contributed by atoms with Gasteiger partial charge in [0.05, 0.1) is 22.8 Å². The Morgan fingerprint density at radius 1 is 0.451 bits per heavy atom. The minimum Gasteiger partial charge on any atom is -0.252 e. The van der Waals surface area contributed by atoms with Gasteiger partial charge < -0.3 is 0 Å². The molecule has 0 amide bonds. The predicted molar refractivity (Wildman–Crippen MR) is 227 cm³/mol. The molecule has 272 valence electrons. The summed E-state index contributed by atoms with van der Waals surface area (Å²) < 4.78 is 0. The lowest BCUT2D eigenvalue weighted by atomic mass is 9.88. The maximum atomic E-state index is 5.33. The van der Waals surface area contributed by atoms with Crippen LogP contribution < -0.4 is 0 Å². The molecule has 0 heterocycles. The zero-order chi connectivity index (χ0) is 36.1. The summed E-state index contributed by atoms with van der Waals surface area (Å²) in [5.74, 6) is 0. The molecule has 4 rings (SSSR count). The van der Waals surface area contributed by atoms with Crippen molar-refractivity contribution in [2.75, 3.05) is 0 Å². The fourth-order valence-electron chi connectivity index (χ4n) is 7.33. The third-order valence-corrected chi connectivity index (χ3v) is 10.3. The minimum absolute atomic E-state index is 0.840. The number of nitrogens with zero attached hydrogens (tertiary/aromatic N) is 2. The van der Waals surface area contributed by atoms with Crippen molar-refractivity contribution in [1.82, 2.24) is 0 Å². The van der Waals surface area contributed by atoms with Gasteiger partial charge in [-0.05, 0) is 115 Å². The molecule has 2 heteroatoms. The van der Waals surface area contributed by atoms with Gasteiger partial charge in [0.1, 0.15) is 0 Å². The Balaban J connectivity index is 1.69. The van der Waals surface area contributed by atoms with Crippen LogP contribution in [0.1, 0.15) is 148 Å². The first kappa shape index (κ1) is 40.0. The molecule has 0 N–H and O–H groups in total. The Bertz CT molecular complexity index is 1630. The summed E-state index contributed by atoms with van der Waals surface area (Å²) in [6.45, 7) is 11.2. The van der Waals surface area contributed by atoms with Gasteiger partial charge in [-0.3, -0.25) is 9.98 Å². The maximum absolute atomic E-state index is 5.33. The van der Waals surface area contributed by atoms with Crippen molar-refractivity contribution in [3.8, 4) is 22.3 Å². The lowest BCUT2D eigenvalue weighted by Gasteiger charge is -2.18. The van der Waals surface area contributed by atoms with Gasteiger partial charge in [-0.2, -0.15) is 0 Å². The summed E-state index contributed by atoms with van der Waals surface area (Å²) >= 11 is 0. The normalized spacial score (nSPS) is 12.1. The van der Waals surface area contributed by atoms with Gasteiger partial charge in [0.25, 0.3) is 0 Å². The highest BCUT2D eigenvalue weighted by molar-refractivity contribution is 6.42. The van der Waals surface area contributed by atoms with Crippen molar-refractivity contribution in [3.63, 3.8) is 0 Å². The topological polar surface area (TPSA) is 24.7 Å². The SMILES string of the molecule is CCCCCCCCc1c(CCCCCC)cc(N=C(C)C(CC)=Nc2ccc(-c3ccccc3)c(CCCCCC)c2)cc1-c1ccccc1. The molecule has 0 aliphatic carbocycles. The van der Waals surface area contributed by atoms with Crippen LogP contribution in [-0.2, 0) is 19.3 Å². The van der Waals surface area contributed by atoms with E-state index >= 15 is 0 Å². The second-order valence-electron chi connectivity index (χ2n) is 14.5. The van der Waals surface area contributed by atoms with Crippen molar-refractivity contribution >= 4 is 22.8 Å². The fraction of sp³-hybridized carbons (Fsp3) is 0.469. The lowest BCUT2D eigenvalue weighted by Crippen LogP contribution is -2.09. The van der Waals surface area contributed by atoms with E-state index in [2.05, 4.69) is 126 Å². The summed E-state index contributed by atoms with van der Waals surface area (Å²) in [6, 6.07) is 33.4. The van der Waals surface area contributed by atoms with E-state index in [4.69, 9.17) is 9.98 Å². The maximum Gasteiger partial charge on any atom is 0.0642 e. The molecule has 0 saturated heterocycles. The molecule has 0 spiro atoms. The Kier molecular flexibility index (Phi) is 18.0. The van der Waals surface area contributed by atoms with Gasteiger partial charge in [0, 0.05) is 0 Å². The van der Waals surface area contributed by atoms with Crippen molar-refractivity contribution in [1.29, 1.82) is 0 Å². The van der Waals surface area contributed by atoms with Crippen LogP contribution in [-0.4, -0.2) is 11.4 Å². The number of hydrogen-bond acceptors (Lipinski definition) is 2. The molecule has 0 aromatic heterocycles. The molecule has 51 heavy (non-hydrogen) atoms. The molecule has 0 aliphatic rings. The molecular formula is C49H66N2. The van der Waals surface area contributed by atoms with Crippen LogP contribution in [0.15, 0.2) is 101 Å². The van der Waals surface area contributed by atoms with Crippen molar-refractivity contribution in [2.24, 2.45) is 9.98 Å². The molecule has 0 unspecified atom stereocenters. The van der Waals surface area contributed by atoms with Crippen LogP contribution in [0.25, 0.3) is 22.3 Å². The predicted octanol–water partition coefficient (Wildman–Crippen LogP) is 15.4. The largest absolute Gasteiger partial charge is 0.252 e. The molecule has 2 nitrogen and oxygen atoms in total. The van der Waals surface area contributed by atoms with Crippen LogP contribution >= 0.6 is 0 Å². The third-order valence-electron chi connectivity index (χ3n) is 10.3. The number of aliphatic imine (C=N–C) groups is 2. The Hall–Kier alpha value is -3.78. The molecule has 0 aliphatic heterocycles. The van der Waals surface area contributed by atoms with Gasteiger partial charge in [-0.15, -0.1) is 0 Å². The Labute approximate surface area is 312 Å². The summed E-state index contributed by atoms with van der Waals surface area (Å²) in [4.78, 5) is 10.6. The van der Waals surface area contributed by atoms with Crippen LogP contribution in [0.3, 0.4) is 0 Å². The standard InChI is InChI=1S/C49H66N2/c1-6-10-13-16-17-26-33-47-43(32-21-15-12-8-3)37-45(38-48(47)41-29-24-19-25-30-41)50-39(5)49(9-4)51-44-34-35-46(40-27-22-18-23-28-40)42(36-44)31-20-14-11-7-2/h18-19,22-25,27-30,34-38H,6-17,20-21,26,31-33H2,1-5H3. The van der Waals surface area contributed by atoms with E-state index < -0.39 is 0 Å². The van der Waals surface area contributed by atoms with Crippen LogP contribution in [0, 0.1) is 0 Å². The van der Waals surface area contributed by atoms with Gasteiger partial charge >= 0.3 is 0 Å². The summed E-state index contributed by atoms with van der Waals surface area (Å²) in [5, 5.41) is 0. The number of hydrogen-bond donors (Lipinski definition) is 0. The van der Waals surface area contributed by atoms with E-state index in [0.717, 1.165) is 48.5 Å². The van der Waals surface area contributed by atoms with E-state index in [1.165, 1.54) is 123 Å². The van der Waals surface area contributed by atoms with Crippen molar-refractivity contribution in [3.05, 3.63) is 108 Å². The quantitative estimate of drug-likeness (QED) is 0.0549. The first-order chi connectivity index (χ1) is 25.1. The second-order valence-corrected chi connectivity index (χ2v) is 14.5. The molecule has 0 bridgehead atoms. The fourth-order valence-corrected chi connectivity index (χ4v) is 7.33. The third kappa shape index (κ3) is 13.1. The summed E-state index contributed by atoms with van der Waals surface area (Å²) in [6.07, 6.45) is 22.2. The average molecular weight is 683 g/mol. The molecule has 4 aromatic carbocycles. The minimum atomic E-state index is 0.840. The first-order valence-electron chi connectivity index (χ1n) is 20.6. The molecule has 0 radical (unpaired) electrons. The number of benzene rings is 4. The smallest absolute Gasteiger partial charge is 0.0642 e. The molecule has 0 saturated carbocycles. The van der Waals surface area contributed by atoms with Crippen molar-refractivity contribution in [2.45, 2.75) is 150 Å². The van der Waals surface area contributed by atoms with Gasteiger partial charge in [0.2, 0.25) is 0 Å². The summed E-state index contributed by atoms with van der Waals surface area (Å²) in [5.41, 5.74) is 13.9. The number of rotatable bonds is 23. The molecular weight excluding hydrogens is 617 g/mol. The summed E-state index contributed by atoms with van der Waals surface area (Å²) in [7, 11) is 0. The van der Waals surface area contributed by atoms with Gasteiger partial charge in [0.15, 0.2) is 0 Å². The highest BCUT2D eigenvalue weighted by atomic mass is 14.8. The molecule has 0 fully saturated rings. The first-order valence-corrected chi connectivity index (χ1v) is 20.6. The monoisotopic (exact) mass is 683 g/mol. The van der Waals surface area contributed by atoms with E-state index in [9.17, 15) is 0 Å². The molecule has 0 atom stereocenters. The zero-order valence-corrected chi connectivity index (χ0v) is 32.8. The van der Waals surface area contributed by atoms with Gasteiger partial charge in [-0.1, -0.05) is 165 Å². The van der Waals surface area contributed by atoms with Crippen molar-refractivity contribution < 1.29 is 0 Å². The Morgan fingerprint density at radius 3 is 1.57 bits per heavy atom. The van der Waals surface area contributed by atoms with Crippen LogP contribution in [0.2, 0.25) is 0 Å². The average Bonchev–Trinajstić information content (AvgIpc) is 3.16. The second kappa shape index (κ2) is 22.9. The Morgan fingerprint density at radius 2 is 0.961 bits per heavy atom. The van der Waals surface area contributed by atoms with E-state index in [1.54, 1.807) is 5.56 Å². The number of unbranched alkanes of at least 4 members (excludes halogenated alkanes) is 11.